The molecule has 3 aromatic rings. The summed E-state index contributed by atoms with van der Waals surface area (Å²) in [5, 5.41) is 0. The standard InChI is InChI=1S/C18H15NO4/c1-22-17(20)13-8-9-15-14(18(21)23-2)10-16(19(15)11-13)12-6-4-3-5-7-12/h3-11H,1-2H3. The van der Waals surface area contributed by atoms with Gasteiger partial charge in [-0.3, -0.25) is 0 Å². The molecular formula is C18H15NO4. The third kappa shape index (κ3) is 2.57. The van der Waals surface area contributed by atoms with Crippen molar-refractivity contribution in [2.24, 2.45) is 0 Å². The number of aromatic nitrogens is 1. The SMILES string of the molecule is COC(=O)c1ccc2c(C(=O)OC)cc(-c3ccccc3)n2c1. The van der Waals surface area contributed by atoms with Gasteiger partial charge in [-0.1, -0.05) is 30.3 Å². The summed E-state index contributed by atoms with van der Waals surface area (Å²) in [7, 11) is 2.68. The lowest BCUT2D eigenvalue weighted by Crippen LogP contribution is -2.04. The van der Waals surface area contributed by atoms with Crippen molar-refractivity contribution in [3.05, 3.63) is 65.9 Å². The number of pyridine rings is 1. The number of esters is 2. The fourth-order valence-electron chi connectivity index (χ4n) is 2.54. The average molecular weight is 309 g/mol. The third-order valence-electron chi connectivity index (χ3n) is 3.66. The summed E-state index contributed by atoms with van der Waals surface area (Å²) >= 11 is 0. The van der Waals surface area contributed by atoms with Gasteiger partial charge in [0.05, 0.1) is 36.6 Å². The van der Waals surface area contributed by atoms with Crippen molar-refractivity contribution in [3.8, 4) is 11.3 Å². The van der Waals surface area contributed by atoms with Gasteiger partial charge in [0, 0.05) is 6.20 Å². The van der Waals surface area contributed by atoms with Crippen molar-refractivity contribution in [3.63, 3.8) is 0 Å². The minimum absolute atomic E-state index is 0.407. The molecule has 0 N–H and O–H groups in total. The molecule has 0 radical (unpaired) electrons. The Labute approximate surface area is 133 Å². The van der Waals surface area contributed by atoms with Crippen molar-refractivity contribution >= 4 is 17.5 Å². The number of carbonyl (C=O) groups excluding carboxylic acids is 2. The first-order valence-electron chi connectivity index (χ1n) is 7.03. The normalized spacial score (nSPS) is 10.5. The fourth-order valence-corrected chi connectivity index (χ4v) is 2.54. The highest BCUT2D eigenvalue weighted by Crippen LogP contribution is 2.27. The van der Waals surface area contributed by atoms with Crippen LogP contribution in [0.15, 0.2) is 54.7 Å². The molecule has 0 bridgehead atoms. The van der Waals surface area contributed by atoms with Crippen LogP contribution in [0.4, 0.5) is 0 Å². The van der Waals surface area contributed by atoms with Crippen LogP contribution in [-0.2, 0) is 9.47 Å². The van der Waals surface area contributed by atoms with Crippen molar-refractivity contribution in [2.45, 2.75) is 0 Å². The summed E-state index contributed by atoms with van der Waals surface area (Å²) in [5.74, 6) is -0.852. The molecule has 0 fully saturated rings. The van der Waals surface area contributed by atoms with Crippen LogP contribution in [0.1, 0.15) is 20.7 Å². The molecule has 0 spiro atoms. The number of ether oxygens (including phenoxy) is 2. The quantitative estimate of drug-likeness (QED) is 0.697. The fraction of sp³-hybridized carbons (Fsp3) is 0.111. The van der Waals surface area contributed by atoms with Crippen LogP contribution in [0, 0.1) is 0 Å². The molecule has 5 nitrogen and oxygen atoms in total. The number of hydrogen-bond acceptors (Lipinski definition) is 4. The van der Waals surface area contributed by atoms with E-state index in [4.69, 9.17) is 9.47 Å². The third-order valence-corrected chi connectivity index (χ3v) is 3.66. The summed E-state index contributed by atoms with van der Waals surface area (Å²) in [6.07, 6.45) is 1.66. The van der Waals surface area contributed by atoms with Crippen LogP contribution in [0.2, 0.25) is 0 Å². The van der Waals surface area contributed by atoms with Crippen LogP contribution in [0.3, 0.4) is 0 Å². The number of methoxy groups -OCH3 is 2. The molecule has 23 heavy (non-hydrogen) atoms. The van der Waals surface area contributed by atoms with Crippen LogP contribution in [0.25, 0.3) is 16.8 Å². The van der Waals surface area contributed by atoms with E-state index >= 15 is 0 Å². The second kappa shape index (κ2) is 5.96. The maximum atomic E-state index is 12.0. The Morgan fingerprint density at radius 1 is 0.913 bits per heavy atom. The molecule has 0 saturated carbocycles. The Balaban J connectivity index is 2.29. The molecule has 1 aromatic carbocycles. The van der Waals surface area contributed by atoms with Gasteiger partial charge in [0.1, 0.15) is 0 Å². The molecule has 2 heterocycles. The monoisotopic (exact) mass is 309 g/mol. The lowest BCUT2D eigenvalue weighted by molar-refractivity contribution is 0.0594. The Morgan fingerprint density at radius 3 is 2.26 bits per heavy atom. The van der Waals surface area contributed by atoms with Crippen LogP contribution in [0.5, 0.6) is 0 Å². The highest BCUT2D eigenvalue weighted by Gasteiger charge is 2.18. The summed E-state index contributed by atoms with van der Waals surface area (Å²) in [6.45, 7) is 0. The van der Waals surface area contributed by atoms with E-state index in [2.05, 4.69) is 0 Å². The van der Waals surface area contributed by atoms with Crippen molar-refractivity contribution in [1.82, 2.24) is 4.40 Å². The Bertz CT molecular complexity index is 881. The zero-order valence-electron chi connectivity index (χ0n) is 12.8. The summed E-state index contributed by atoms with van der Waals surface area (Å²) < 4.78 is 11.4. The summed E-state index contributed by atoms with van der Waals surface area (Å²) in [6, 6.07) is 14.7. The van der Waals surface area contributed by atoms with Crippen LogP contribution >= 0.6 is 0 Å². The molecule has 0 aliphatic heterocycles. The second-order valence-corrected chi connectivity index (χ2v) is 4.97. The highest BCUT2D eigenvalue weighted by atomic mass is 16.5. The number of rotatable bonds is 3. The van der Waals surface area contributed by atoms with E-state index in [1.807, 2.05) is 30.3 Å². The van der Waals surface area contributed by atoms with Gasteiger partial charge in [0.15, 0.2) is 0 Å². The predicted octanol–water partition coefficient (Wildman–Crippen LogP) is 3.18. The van der Waals surface area contributed by atoms with E-state index in [1.165, 1.54) is 14.2 Å². The van der Waals surface area contributed by atoms with Gasteiger partial charge in [-0.2, -0.15) is 0 Å². The van der Waals surface area contributed by atoms with Crippen molar-refractivity contribution < 1.29 is 19.1 Å². The Hall–Kier alpha value is -3.08. The topological polar surface area (TPSA) is 57.0 Å². The molecule has 3 rings (SSSR count). The first-order chi connectivity index (χ1) is 11.2. The minimum Gasteiger partial charge on any atom is -0.465 e. The van der Waals surface area contributed by atoms with Crippen LogP contribution < -0.4 is 0 Å². The summed E-state index contributed by atoms with van der Waals surface area (Å²) in [4.78, 5) is 23.8. The molecule has 0 aliphatic carbocycles. The first-order valence-corrected chi connectivity index (χ1v) is 7.03. The molecule has 0 atom stereocenters. The maximum Gasteiger partial charge on any atom is 0.340 e. The first kappa shape index (κ1) is 14.8. The molecule has 0 unspecified atom stereocenters. The van der Waals surface area contributed by atoms with Crippen LogP contribution in [-0.4, -0.2) is 30.6 Å². The number of fused-ring (bicyclic) bond motifs is 1. The second-order valence-electron chi connectivity index (χ2n) is 4.97. The molecule has 0 aliphatic rings. The largest absolute Gasteiger partial charge is 0.465 e. The van der Waals surface area contributed by atoms with Gasteiger partial charge in [0.25, 0.3) is 0 Å². The molecule has 0 saturated heterocycles. The number of benzene rings is 1. The van der Waals surface area contributed by atoms with Gasteiger partial charge in [-0.05, 0) is 23.8 Å². The van der Waals surface area contributed by atoms with E-state index in [0.717, 1.165) is 11.3 Å². The summed E-state index contributed by atoms with van der Waals surface area (Å²) in [5.41, 5.74) is 3.25. The average Bonchev–Trinajstić information content (AvgIpc) is 2.99. The number of nitrogens with zero attached hydrogens (tertiary/aromatic N) is 1. The van der Waals surface area contributed by atoms with E-state index in [1.54, 1.807) is 28.8 Å². The van der Waals surface area contributed by atoms with E-state index in [0.29, 0.717) is 16.6 Å². The molecule has 0 amide bonds. The minimum atomic E-state index is -0.431. The van der Waals surface area contributed by atoms with E-state index in [9.17, 15) is 9.59 Å². The van der Waals surface area contributed by atoms with Gasteiger partial charge < -0.3 is 13.9 Å². The lowest BCUT2D eigenvalue weighted by atomic mass is 10.1. The zero-order valence-corrected chi connectivity index (χ0v) is 12.8. The Morgan fingerprint density at radius 2 is 1.61 bits per heavy atom. The molecule has 116 valence electrons. The number of carbonyl (C=O) groups is 2. The Kier molecular flexibility index (Phi) is 3.85. The molecular weight excluding hydrogens is 294 g/mol. The van der Waals surface area contributed by atoms with Gasteiger partial charge in [-0.15, -0.1) is 0 Å². The highest BCUT2D eigenvalue weighted by molar-refractivity contribution is 6.00. The smallest absolute Gasteiger partial charge is 0.340 e. The van der Waals surface area contributed by atoms with Gasteiger partial charge >= 0.3 is 11.9 Å². The maximum absolute atomic E-state index is 12.0. The van der Waals surface area contributed by atoms with Crippen molar-refractivity contribution in [2.75, 3.05) is 14.2 Å². The predicted molar refractivity (Wildman–Crippen MR) is 85.5 cm³/mol. The lowest BCUT2D eigenvalue weighted by Gasteiger charge is -2.06. The number of hydrogen-bond donors (Lipinski definition) is 0. The molecule has 2 aromatic heterocycles. The van der Waals surface area contributed by atoms with Crippen molar-refractivity contribution in [1.29, 1.82) is 0 Å². The van der Waals surface area contributed by atoms with Gasteiger partial charge in [0.2, 0.25) is 0 Å². The molecule has 5 heteroatoms. The zero-order chi connectivity index (χ0) is 16.4. The van der Waals surface area contributed by atoms with Gasteiger partial charge in [-0.25, -0.2) is 9.59 Å². The van der Waals surface area contributed by atoms with E-state index in [-0.39, 0.29) is 0 Å². The van der Waals surface area contributed by atoms with E-state index < -0.39 is 11.9 Å².